The third-order valence-corrected chi connectivity index (χ3v) is 3.27. The Kier molecular flexibility index (Phi) is 4.27. The number of rotatable bonds is 4. The lowest BCUT2D eigenvalue weighted by Crippen LogP contribution is -1.84. The molecule has 0 aliphatic rings. The zero-order valence-electron chi connectivity index (χ0n) is 10.2. The molecule has 2 rings (SSSR count). The van der Waals surface area contributed by atoms with E-state index in [1.807, 2.05) is 12.1 Å². The summed E-state index contributed by atoms with van der Waals surface area (Å²) >= 11 is 4.30. The van der Waals surface area contributed by atoms with E-state index in [1.54, 1.807) is 0 Å². The second kappa shape index (κ2) is 5.92. The molecule has 0 aliphatic carbocycles. The van der Waals surface area contributed by atoms with Crippen LogP contribution in [-0.4, -0.2) is 0 Å². The maximum absolute atomic E-state index is 4.30. The summed E-state index contributed by atoms with van der Waals surface area (Å²) in [7, 11) is 0. The predicted octanol–water partition coefficient (Wildman–Crippen LogP) is 4.98. The van der Waals surface area contributed by atoms with Gasteiger partial charge < -0.3 is 0 Å². The van der Waals surface area contributed by atoms with Crippen molar-refractivity contribution in [2.24, 2.45) is 0 Å². The van der Waals surface area contributed by atoms with E-state index in [9.17, 15) is 0 Å². The second-order valence-corrected chi connectivity index (χ2v) is 4.86. The monoisotopic (exact) mass is 242 g/mol. The van der Waals surface area contributed by atoms with Crippen LogP contribution in [0.2, 0.25) is 0 Å². The normalized spacial score (nSPS) is 10.5. The molecule has 2 aromatic carbocycles. The molecule has 88 valence electrons. The SMILES string of the molecule is CCCCc1ccc(-c2ccc(S)cc2)cc1. The van der Waals surface area contributed by atoms with E-state index in [0.717, 1.165) is 4.90 Å². The highest BCUT2D eigenvalue weighted by Gasteiger charge is 1.98. The van der Waals surface area contributed by atoms with E-state index < -0.39 is 0 Å². The fraction of sp³-hybridized carbons (Fsp3) is 0.250. The van der Waals surface area contributed by atoms with Crippen LogP contribution in [0.25, 0.3) is 11.1 Å². The van der Waals surface area contributed by atoms with Gasteiger partial charge in [0.15, 0.2) is 0 Å². The van der Waals surface area contributed by atoms with Gasteiger partial charge >= 0.3 is 0 Å². The molecule has 0 unspecified atom stereocenters. The number of hydrogen-bond donors (Lipinski definition) is 1. The van der Waals surface area contributed by atoms with Gasteiger partial charge in [-0.05, 0) is 41.7 Å². The van der Waals surface area contributed by atoms with E-state index in [2.05, 4.69) is 56.0 Å². The summed E-state index contributed by atoms with van der Waals surface area (Å²) in [6.07, 6.45) is 3.71. The number of hydrogen-bond acceptors (Lipinski definition) is 1. The van der Waals surface area contributed by atoms with E-state index >= 15 is 0 Å². The summed E-state index contributed by atoms with van der Waals surface area (Å²) in [6, 6.07) is 17.2. The van der Waals surface area contributed by atoms with Crippen molar-refractivity contribution in [2.45, 2.75) is 31.1 Å². The molecule has 0 aromatic heterocycles. The van der Waals surface area contributed by atoms with Crippen molar-refractivity contribution >= 4 is 12.6 Å². The fourth-order valence-electron chi connectivity index (χ4n) is 1.90. The second-order valence-electron chi connectivity index (χ2n) is 4.35. The topological polar surface area (TPSA) is 0 Å². The number of unbranched alkanes of at least 4 members (excludes halogenated alkanes) is 1. The molecule has 0 atom stereocenters. The Morgan fingerprint density at radius 3 is 1.88 bits per heavy atom. The van der Waals surface area contributed by atoms with E-state index in [0.29, 0.717) is 0 Å². The van der Waals surface area contributed by atoms with Crippen molar-refractivity contribution < 1.29 is 0 Å². The molecular weight excluding hydrogens is 224 g/mol. The average Bonchev–Trinajstić information content (AvgIpc) is 2.38. The Labute approximate surface area is 109 Å². The van der Waals surface area contributed by atoms with E-state index in [1.165, 1.54) is 36.0 Å². The molecule has 17 heavy (non-hydrogen) atoms. The molecular formula is C16H18S. The first kappa shape index (κ1) is 12.3. The van der Waals surface area contributed by atoms with Crippen molar-refractivity contribution in [2.75, 3.05) is 0 Å². The largest absolute Gasteiger partial charge is 0.143 e. The third-order valence-electron chi connectivity index (χ3n) is 2.97. The fourth-order valence-corrected chi connectivity index (χ4v) is 2.05. The minimum Gasteiger partial charge on any atom is -0.143 e. The van der Waals surface area contributed by atoms with Gasteiger partial charge in [0.25, 0.3) is 0 Å². The molecule has 0 nitrogen and oxygen atoms in total. The van der Waals surface area contributed by atoms with Crippen molar-refractivity contribution in [3.8, 4) is 11.1 Å². The maximum atomic E-state index is 4.30. The van der Waals surface area contributed by atoms with Crippen LogP contribution < -0.4 is 0 Å². The van der Waals surface area contributed by atoms with Crippen LogP contribution in [0.3, 0.4) is 0 Å². The first-order valence-corrected chi connectivity index (χ1v) is 6.62. The van der Waals surface area contributed by atoms with Gasteiger partial charge in [0.1, 0.15) is 0 Å². The highest BCUT2D eigenvalue weighted by atomic mass is 32.1. The third kappa shape index (κ3) is 3.37. The average molecular weight is 242 g/mol. The van der Waals surface area contributed by atoms with Crippen LogP contribution in [-0.2, 0) is 6.42 Å². The first-order chi connectivity index (χ1) is 8.29. The standard InChI is InChI=1S/C16H18S/c1-2-3-4-13-5-7-14(8-6-13)15-9-11-16(17)12-10-15/h5-12,17H,2-4H2,1H3. The molecule has 0 fully saturated rings. The van der Waals surface area contributed by atoms with Gasteiger partial charge in [0.05, 0.1) is 0 Å². The van der Waals surface area contributed by atoms with Crippen LogP contribution in [0.5, 0.6) is 0 Å². The van der Waals surface area contributed by atoms with Crippen LogP contribution >= 0.6 is 12.6 Å². The van der Waals surface area contributed by atoms with Gasteiger partial charge in [0, 0.05) is 4.90 Å². The molecule has 1 heteroatoms. The summed E-state index contributed by atoms with van der Waals surface area (Å²) in [6.45, 7) is 2.23. The van der Waals surface area contributed by atoms with Gasteiger partial charge in [-0.25, -0.2) is 0 Å². The quantitative estimate of drug-likeness (QED) is 0.718. The number of aryl methyl sites for hydroxylation is 1. The van der Waals surface area contributed by atoms with Crippen LogP contribution in [0, 0.1) is 0 Å². The Morgan fingerprint density at radius 1 is 0.824 bits per heavy atom. The van der Waals surface area contributed by atoms with E-state index in [4.69, 9.17) is 0 Å². The van der Waals surface area contributed by atoms with E-state index in [-0.39, 0.29) is 0 Å². The Hall–Kier alpha value is -1.21. The van der Waals surface area contributed by atoms with Crippen molar-refractivity contribution in [1.82, 2.24) is 0 Å². The molecule has 2 aromatic rings. The summed E-state index contributed by atoms with van der Waals surface area (Å²) < 4.78 is 0. The number of benzene rings is 2. The molecule has 0 N–H and O–H groups in total. The first-order valence-electron chi connectivity index (χ1n) is 6.18. The van der Waals surface area contributed by atoms with Crippen LogP contribution in [0.4, 0.5) is 0 Å². The van der Waals surface area contributed by atoms with Crippen LogP contribution in [0.1, 0.15) is 25.3 Å². The molecule has 0 spiro atoms. The Bertz CT molecular complexity index is 454. The lowest BCUT2D eigenvalue weighted by atomic mass is 10.0. The summed E-state index contributed by atoms with van der Waals surface area (Å²) in [4.78, 5) is 1.01. The minimum absolute atomic E-state index is 1.01. The lowest BCUT2D eigenvalue weighted by molar-refractivity contribution is 0.795. The van der Waals surface area contributed by atoms with Gasteiger partial charge in [-0.15, -0.1) is 12.6 Å². The lowest BCUT2D eigenvalue weighted by Gasteiger charge is -2.04. The van der Waals surface area contributed by atoms with Gasteiger partial charge in [-0.1, -0.05) is 49.7 Å². The summed E-state index contributed by atoms with van der Waals surface area (Å²) in [5, 5.41) is 0. The van der Waals surface area contributed by atoms with Crippen molar-refractivity contribution in [3.63, 3.8) is 0 Å². The summed E-state index contributed by atoms with van der Waals surface area (Å²) in [5.41, 5.74) is 3.96. The smallest absolute Gasteiger partial charge is 0.00404 e. The zero-order valence-corrected chi connectivity index (χ0v) is 11.1. The predicted molar refractivity (Wildman–Crippen MR) is 77.7 cm³/mol. The van der Waals surface area contributed by atoms with Crippen molar-refractivity contribution in [1.29, 1.82) is 0 Å². The Morgan fingerprint density at radius 2 is 1.35 bits per heavy atom. The molecule has 0 heterocycles. The molecule has 0 bridgehead atoms. The highest BCUT2D eigenvalue weighted by molar-refractivity contribution is 7.80. The Balaban J connectivity index is 2.14. The highest BCUT2D eigenvalue weighted by Crippen LogP contribution is 2.21. The maximum Gasteiger partial charge on any atom is 0.00404 e. The zero-order chi connectivity index (χ0) is 12.1. The van der Waals surface area contributed by atoms with Gasteiger partial charge in [0.2, 0.25) is 0 Å². The number of thiol groups is 1. The van der Waals surface area contributed by atoms with Gasteiger partial charge in [-0.2, -0.15) is 0 Å². The van der Waals surface area contributed by atoms with Crippen LogP contribution in [0.15, 0.2) is 53.4 Å². The molecule has 0 saturated heterocycles. The molecule has 0 aliphatic heterocycles. The van der Waals surface area contributed by atoms with Crippen molar-refractivity contribution in [3.05, 3.63) is 54.1 Å². The minimum atomic E-state index is 1.01. The summed E-state index contributed by atoms with van der Waals surface area (Å²) in [5.74, 6) is 0. The molecule has 0 amide bonds. The molecule has 0 saturated carbocycles. The van der Waals surface area contributed by atoms with Gasteiger partial charge in [-0.3, -0.25) is 0 Å². The molecule has 0 radical (unpaired) electrons.